The maximum Gasteiger partial charge on any atom is 0.146 e. The van der Waals surface area contributed by atoms with Crippen LogP contribution >= 0.6 is 0 Å². The molecule has 2 rings (SSSR count). The Morgan fingerprint density at radius 2 is 2.07 bits per heavy atom. The van der Waals surface area contributed by atoms with E-state index in [1.807, 2.05) is 6.92 Å². The molecule has 1 aromatic heterocycles. The molecule has 78 valence electrons. The molecule has 0 aliphatic heterocycles. The third kappa shape index (κ3) is 1.35. The second kappa shape index (κ2) is 3.52. The fourth-order valence-corrected chi connectivity index (χ4v) is 2.26. The van der Waals surface area contributed by atoms with Gasteiger partial charge in [-0.3, -0.25) is 0 Å². The summed E-state index contributed by atoms with van der Waals surface area (Å²) in [6.07, 6.45) is 5.86. The lowest BCUT2D eigenvalue weighted by Crippen LogP contribution is -2.15. The Hall–Kier alpha value is -1.19. The van der Waals surface area contributed by atoms with Crippen molar-refractivity contribution in [3.63, 3.8) is 0 Å². The number of hydrogen-bond donors (Lipinski definition) is 2. The summed E-state index contributed by atoms with van der Waals surface area (Å²) < 4.78 is 1.54. The topological polar surface area (TPSA) is 69.9 Å². The predicted octanol–water partition coefficient (Wildman–Crippen LogP) is 1.40. The first-order valence-electron chi connectivity index (χ1n) is 5.36. The van der Waals surface area contributed by atoms with E-state index in [0.29, 0.717) is 11.7 Å². The van der Waals surface area contributed by atoms with E-state index in [0.717, 1.165) is 17.9 Å². The summed E-state index contributed by atoms with van der Waals surface area (Å²) in [5, 5.41) is 0. The summed E-state index contributed by atoms with van der Waals surface area (Å²) >= 11 is 0. The van der Waals surface area contributed by atoms with E-state index in [-0.39, 0.29) is 0 Å². The third-order valence-electron chi connectivity index (χ3n) is 3.11. The number of aryl methyl sites for hydroxylation is 1. The molecule has 1 heterocycles. The van der Waals surface area contributed by atoms with Crippen molar-refractivity contribution in [3.8, 4) is 0 Å². The van der Waals surface area contributed by atoms with Crippen LogP contribution in [0.25, 0.3) is 0 Å². The average molecular weight is 194 g/mol. The zero-order valence-corrected chi connectivity index (χ0v) is 8.66. The number of nitrogens with zero attached hydrogens (tertiary/aromatic N) is 2. The van der Waals surface area contributed by atoms with Gasteiger partial charge in [0.05, 0.1) is 5.69 Å². The van der Waals surface area contributed by atoms with Gasteiger partial charge in [-0.2, -0.15) is 0 Å². The molecule has 1 aromatic rings. The molecule has 0 unspecified atom stereocenters. The fourth-order valence-electron chi connectivity index (χ4n) is 2.26. The van der Waals surface area contributed by atoms with Gasteiger partial charge in [-0.1, -0.05) is 19.8 Å². The minimum atomic E-state index is 0.546. The van der Waals surface area contributed by atoms with Crippen LogP contribution in [0.5, 0.6) is 0 Å². The monoisotopic (exact) mass is 194 g/mol. The van der Waals surface area contributed by atoms with Crippen LogP contribution in [-0.4, -0.2) is 9.66 Å². The maximum absolute atomic E-state index is 5.93. The Morgan fingerprint density at radius 1 is 1.43 bits per heavy atom. The molecule has 0 amide bonds. The van der Waals surface area contributed by atoms with E-state index in [2.05, 4.69) is 4.98 Å². The molecular weight excluding hydrogens is 176 g/mol. The van der Waals surface area contributed by atoms with E-state index in [9.17, 15) is 0 Å². The lowest BCUT2D eigenvalue weighted by atomic mass is 10.0. The largest absolute Gasteiger partial charge is 0.382 e. The van der Waals surface area contributed by atoms with E-state index in [1.165, 1.54) is 30.4 Å². The first-order chi connectivity index (χ1) is 6.74. The minimum absolute atomic E-state index is 0.546. The van der Waals surface area contributed by atoms with Gasteiger partial charge in [0.15, 0.2) is 0 Å². The van der Waals surface area contributed by atoms with Gasteiger partial charge in [0.1, 0.15) is 11.6 Å². The van der Waals surface area contributed by atoms with E-state index in [4.69, 9.17) is 11.6 Å². The van der Waals surface area contributed by atoms with Crippen molar-refractivity contribution in [3.05, 3.63) is 11.5 Å². The molecule has 0 spiro atoms. The van der Waals surface area contributed by atoms with Gasteiger partial charge >= 0.3 is 0 Å². The Morgan fingerprint density at radius 3 is 2.57 bits per heavy atom. The normalized spacial score (nSPS) is 17.8. The number of rotatable bonds is 2. The summed E-state index contributed by atoms with van der Waals surface area (Å²) in [5.74, 6) is 7.91. The molecule has 1 fully saturated rings. The number of nitrogens with two attached hydrogens (primary N) is 2. The van der Waals surface area contributed by atoms with Crippen LogP contribution in [0, 0.1) is 0 Å². The highest BCUT2D eigenvalue weighted by Gasteiger charge is 2.23. The lowest BCUT2D eigenvalue weighted by molar-refractivity contribution is 0.701. The molecule has 1 aliphatic carbocycles. The zero-order chi connectivity index (χ0) is 10.1. The van der Waals surface area contributed by atoms with E-state index in [1.54, 1.807) is 0 Å². The van der Waals surface area contributed by atoms with Crippen molar-refractivity contribution < 1.29 is 0 Å². The zero-order valence-electron chi connectivity index (χ0n) is 8.66. The van der Waals surface area contributed by atoms with Gasteiger partial charge in [-0.25, -0.2) is 9.66 Å². The first kappa shape index (κ1) is 9.37. The smallest absolute Gasteiger partial charge is 0.146 e. The summed E-state index contributed by atoms with van der Waals surface area (Å²) in [7, 11) is 0. The van der Waals surface area contributed by atoms with Crippen LogP contribution in [0.15, 0.2) is 0 Å². The predicted molar refractivity (Wildman–Crippen MR) is 57.4 cm³/mol. The molecule has 14 heavy (non-hydrogen) atoms. The molecule has 4 N–H and O–H groups in total. The van der Waals surface area contributed by atoms with E-state index >= 15 is 0 Å². The molecule has 1 aliphatic rings. The lowest BCUT2D eigenvalue weighted by Gasteiger charge is -2.06. The highest BCUT2D eigenvalue weighted by molar-refractivity contribution is 5.41. The summed E-state index contributed by atoms with van der Waals surface area (Å²) in [4.78, 5) is 4.52. The number of nitrogen functional groups attached to an aromatic ring is 2. The van der Waals surface area contributed by atoms with Gasteiger partial charge in [0.2, 0.25) is 0 Å². The average Bonchev–Trinajstić information content (AvgIpc) is 2.78. The molecule has 0 atom stereocenters. The summed E-state index contributed by atoms with van der Waals surface area (Å²) in [5.41, 5.74) is 6.96. The van der Waals surface area contributed by atoms with Crippen LogP contribution in [0.3, 0.4) is 0 Å². The van der Waals surface area contributed by atoms with Crippen LogP contribution in [0.4, 0.5) is 5.82 Å². The van der Waals surface area contributed by atoms with Crippen LogP contribution in [0.2, 0.25) is 0 Å². The van der Waals surface area contributed by atoms with Crippen molar-refractivity contribution in [1.82, 2.24) is 9.66 Å². The van der Waals surface area contributed by atoms with E-state index < -0.39 is 0 Å². The molecule has 0 radical (unpaired) electrons. The minimum Gasteiger partial charge on any atom is -0.382 e. The van der Waals surface area contributed by atoms with Gasteiger partial charge in [0.25, 0.3) is 0 Å². The quantitative estimate of drug-likeness (QED) is 0.699. The molecule has 0 saturated heterocycles. The summed E-state index contributed by atoms with van der Waals surface area (Å²) in [6, 6.07) is 0. The number of anilines is 1. The molecule has 4 heteroatoms. The maximum atomic E-state index is 5.93. The van der Waals surface area contributed by atoms with Gasteiger partial charge < -0.3 is 11.6 Å². The van der Waals surface area contributed by atoms with Crippen LogP contribution < -0.4 is 11.6 Å². The fraction of sp³-hybridized carbons (Fsp3) is 0.700. The molecule has 1 saturated carbocycles. The van der Waals surface area contributed by atoms with Crippen LogP contribution in [-0.2, 0) is 6.42 Å². The standard InChI is InChI=1S/C10H18N4/c1-2-8-13-9(10(11)14(8)12)7-5-3-4-6-7/h7H,2-6,11-12H2,1H3. The van der Waals surface area contributed by atoms with Gasteiger partial charge in [-0.15, -0.1) is 0 Å². The summed E-state index contributed by atoms with van der Waals surface area (Å²) in [6.45, 7) is 2.05. The number of imidazole rings is 1. The number of hydrogen-bond acceptors (Lipinski definition) is 3. The second-order valence-corrected chi connectivity index (χ2v) is 4.00. The Balaban J connectivity index is 2.32. The Bertz CT molecular complexity index is 323. The van der Waals surface area contributed by atoms with Crippen molar-refractivity contribution in [1.29, 1.82) is 0 Å². The Labute approximate surface area is 84.3 Å². The molecule has 4 nitrogen and oxygen atoms in total. The SMILES string of the molecule is CCc1nc(C2CCCC2)c(N)n1N. The van der Waals surface area contributed by atoms with Crippen molar-refractivity contribution >= 4 is 5.82 Å². The van der Waals surface area contributed by atoms with Gasteiger partial charge in [-0.05, 0) is 12.8 Å². The first-order valence-corrected chi connectivity index (χ1v) is 5.36. The van der Waals surface area contributed by atoms with Gasteiger partial charge in [0, 0.05) is 12.3 Å². The second-order valence-electron chi connectivity index (χ2n) is 4.00. The highest BCUT2D eigenvalue weighted by Crippen LogP contribution is 2.36. The van der Waals surface area contributed by atoms with Crippen molar-refractivity contribution in [2.45, 2.75) is 44.9 Å². The molecule has 0 aromatic carbocycles. The Kier molecular flexibility index (Phi) is 2.35. The van der Waals surface area contributed by atoms with Crippen molar-refractivity contribution in [2.24, 2.45) is 0 Å². The number of aromatic nitrogens is 2. The highest BCUT2D eigenvalue weighted by atomic mass is 15.4. The van der Waals surface area contributed by atoms with Crippen molar-refractivity contribution in [2.75, 3.05) is 11.6 Å². The molecule has 0 bridgehead atoms. The molecular formula is C10H18N4. The third-order valence-corrected chi connectivity index (χ3v) is 3.11. The van der Waals surface area contributed by atoms with Crippen LogP contribution in [0.1, 0.15) is 50.0 Å².